The van der Waals surface area contributed by atoms with Crippen LogP contribution < -0.4 is 14.8 Å². The smallest absolute Gasteiger partial charge is 0.255 e. The molecule has 0 aliphatic heterocycles. The lowest BCUT2D eigenvalue weighted by Gasteiger charge is -2.11. The van der Waals surface area contributed by atoms with Crippen LogP contribution in [0.25, 0.3) is 0 Å². The summed E-state index contributed by atoms with van der Waals surface area (Å²) in [6, 6.07) is 19.6. The van der Waals surface area contributed by atoms with Gasteiger partial charge in [0.15, 0.2) is 0 Å². The Labute approximate surface area is 177 Å². The van der Waals surface area contributed by atoms with Crippen molar-refractivity contribution in [3.05, 3.63) is 89.0 Å². The molecular formula is C23H24N2O4S. The molecule has 0 radical (unpaired) electrons. The summed E-state index contributed by atoms with van der Waals surface area (Å²) in [7, 11) is -2.27. The number of carbonyl (C=O) groups excluding carboxylic acids is 1. The molecule has 0 aliphatic rings. The number of sulfonamides is 1. The third kappa shape index (κ3) is 5.25. The van der Waals surface area contributed by atoms with Gasteiger partial charge in [0.1, 0.15) is 12.4 Å². The third-order valence-corrected chi connectivity index (χ3v) is 6.14. The van der Waals surface area contributed by atoms with Crippen LogP contribution >= 0.6 is 0 Å². The van der Waals surface area contributed by atoms with E-state index < -0.39 is 10.0 Å². The van der Waals surface area contributed by atoms with Gasteiger partial charge < -0.3 is 10.1 Å². The van der Waals surface area contributed by atoms with Crippen LogP contribution in [-0.4, -0.2) is 21.4 Å². The normalized spacial score (nSPS) is 11.2. The van der Waals surface area contributed by atoms with Crippen LogP contribution in [-0.2, 0) is 16.6 Å². The second-order valence-corrected chi connectivity index (χ2v) is 8.80. The SMILES string of the molecule is CNS(=O)(=O)c1cc(NC(=O)c2cccc(OCc3cccc(C)c3)c2)ccc1C. The molecule has 2 N–H and O–H groups in total. The van der Waals surface area contributed by atoms with Crippen LogP contribution in [0.2, 0.25) is 0 Å². The number of amides is 1. The number of hydrogen-bond acceptors (Lipinski definition) is 4. The second kappa shape index (κ2) is 9.11. The lowest BCUT2D eigenvalue weighted by atomic mass is 10.1. The van der Waals surface area contributed by atoms with Crippen LogP contribution in [0.5, 0.6) is 5.75 Å². The molecule has 0 saturated heterocycles. The molecule has 3 aromatic carbocycles. The van der Waals surface area contributed by atoms with Gasteiger partial charge >= 0.3 is 0 Å². The fraction of sp³-hybridized carbons (Fsp3) is 0.174. The van der Waals surface area contributed by atoms with E-state index in [1.165, 1.54) is 13.1 Å². The molecule has 156 valence electrons. The molecule has 0 bridgehead atoms. The van der Waals surface area contributed by atoms with Gasteiger partial charge in [-0.1, -0.05) is 42.0 Å². The van der Waals surface area contributed by atoms with Gasteiger partial charge in [-0.3, -0.25) is 4.79 Å². The van der Waals surface area contributed by atoms with Crippen molar-refractivity contribution in [3.8, 4) is 5.75 Å². The number of carbonyl (C=O) groups is 1. The lowest BCUT2D eigenvalue weighted by molar-refractivity contribution is 0.102. The summed E-state index contributed by atoms with van der Waals surface area (Å²) in [6.07, 6.45) is 0. The van der Waals surface area contributed by atoms with Crippen LogP contribution in [0.15, 0.2) is 71.6 Å². The maximum Gasteiger partial charge on any atom is 0.255 e. The van der Waals surface area contributed by atoms with Crippen molar-refractivity contribution in [2.24, 2.45) is 0 Å². The van der Waals surface area contributed by atoms with Gasteiger partial charge in [0.05, 0.1) is 4.90 Å². The number of rotatable bonds is 7. The highest BCUT2D eigenvalue weighted by molar-refractivity contribution is 7.89. The van der Waals surface area contributed by atoms with Gasteiger partial charge in [0, 0.05) is 11.3 Å². The first kappa shape index (κ1) is 21.5. The Morgan fingerprint density at radius 2 is 1.73 bits per heavy atom. The first-order valence-corrected chi connectivity index (χ1v) is 10.9. The first-order valence-electron chi connectivity index (χ1n) is 9.42. The molecule has 0 spiro atoms. The molecule has 0 unspecified atom stereocenters. The summed E-state index contributed by atoms with van der Waals surface area (Å²) in [5.41, 5.74) is 3.60. The van der Waals surface area contributed by atoms with Crippen molar-refractivity contribution in [2.75, 3.05) is 12.4 Å². The fourth-order valence-electron chi connectivity index (χ4n) is 2.98. The summed E-state index contributed by atoms with van der Waals surface area (Å²) < 4.78 is 32.4. The van der Waals surface area contributed by atoms with Gasteiger partial charge in [-0.15, -0.1) is 0 Å². The van der Waals surface area contributed by atoms with Gasteiger partial charge in [0.25, 0.3) is 5.91 Å². The topological polar surface area (TPSA) is 84.5 Å². The molecule has 0 saturated carbocycles. The molecular weight excluding hydrogens is 400 g/mol. The predicted molar refractivity (Wildman–Crippen MR) is 117 cm³/mol. The zero-order valence-corrected chi connectivity index (χ0v) is 17.9. The summed E-state index contributed by atoms with van der Waals surface area (Å²) >= 11 is 0. The lowest BCUT2D eigenvalue weighted by Crippen LogP contribution is -2.20. The van der Waals surface area contributed by atoms with E-state index in [1.807, 2.05) is 31.2 Å². The highest BCUT2D eigenvalue weighted by atomic mass is 32.2. The van der Waals surface area contributed by atoms with Gasteiger partial charge in [-0.25, -0.2) is 13.1 Å². The largest absolute Gasteiger partial charge is 0.489 e. The van der Waals surface area contributed by atoms with Crippen molar-refractivity contribution in [3.63, 3.8) is 0 Å². The van der Waals surface area contributed by atoms with Gasteiger partial charge in [0.2, 0.25) is 10.0 Å². The van der Waals surface area contributed by atoms with Crippen LogP contribution in [0.3, 0.4) is 0 Å². The number of hydrogen-bond donors (Lipinski definition) is 2. The van der Waals surface area contributed by atoms with Crippen LogP contribution in [0.4, 0.5) is 5.69 Å². The Hall–Kier alpha value is -3.16. The minimum absolute atomic E-state index is 0.123. The summed E-state index contributed by atoms with van der Waals surface area (Å²) in [5, 5.41) is 2.74. The van der Waals surface area contributed by atoms with E-state index in [0.29, 0.717) is 29.2 Å². The highest BCUT2D eigenvalue weighted by Crippen LogP contribution is 2.21. The molecule has 0 heterocycles. The summed E-state index contributed by atoms with van der Waals surface area (Å²) in [5.74, 6) is 0.221. The third-order valence-electron chi connectivity index (χ3n) is 4.59. The summed E-state index contributed by atoms with van der Waals surface area (Å²) in [4.78, 5) is 12.8. The van der Waals surface area contributed by atoms with Crippen molar-refractivity contribution < 1.29 is 17.9 Å². The van der Waals surface area contributed by atoms with Crippen molar-refractivity contribution in [2.45, 2.75) is 25.3 Å². The molecule has 30 heavy (non-hydrogen) atoms. The Bertz CT molecular complexity index is 1170. The Balaban J connectivity index is 1.73. The molecule has 7 heteroatoms. The van der Waals surface area contributed by atoms with Crippen molar-refractivity contribution in [1.29, 1.82) is 0 Å². The Morgan fingerprint density at radius 1 is 0.967 bits per heavy atom. The van der Waals surface area contributed by atoms with Gasteiger partial charge in [-0.2, -0.15) is 0 Å². The number of aryl methyl sites for hydroxylation is 2. The van der Waals surface area contributed by atoms with Crippen molar-refractivity contribution >= 4 is 21.6 Å². The number of benzene rings is 3. The Kier molecular flexibility index (Phi) is 6.54. The minimum atomic E-state index is -3.62. The zero-order valence-electron chi connectivity index (χ0n) is 17.1. The van der Waals surface area contributed by atoms with E-state index in [4.69, 9.17) is 4.74 Å². The number of ether oxygens (including phenoxy) is 1. The minimum Gasteiger partial charge on any atom is -0.489 e. The van der Waals surface area contributed by atoms with Crippen LogP contribution in [0, 0.1) is 13.8 Å². The molecule has 1 amide bonds. The maximum absolute atomic E-state index is 12.7. The standard InChI is InChI=1S/C23H24N2O4S/c1-16-6-4-7-18(12-16)15-29-21-9-5-8-19(13-21)23(26)25-20-11-10-17(2)22(14-20)30(27,28)24-3/h4-14,24H,15H2,1-3H3,(H,25,26). The Morgan fingerprint density at radius 3 is 2.47 bits per heavy atom. The van der Waals surface area contributed by atoms with E-state index >= 15 is 0 Å². The molecule has 0 aromatic heterocycles. The van der Waals surface area contributed by atoms with E-state index in [9.17, 15) is 13.2 Å². The van der Waals surface area contributed by atoms with Crippen molar-refractivity contribution in [1.82, 2.24) is 4.72 Å². The van der Waals surface area contributed by atoms with E-state index in [2.05, 4.69) is 10.0 Å². The highest BCUT2D eigenvalue weighted by Gasteiger charge is 2.16. The van der Waals surface area contributed by atoms with E-state index in [0.717, 1.165) is 11.1 Å². The number of anilines is 1. The van der Waals surface area contributed by atoms with E-state index in [-0.39, 0.29) is 10.8 Å². The molecule has 3 aromatic rings. The maximum atomic E-state index is 12.7. The summed E-state index contributed by atoms with van der Waals surface area (Å²) in [6.45, 7) is 4.12. The fourth-order valence-corrected chi connectivity index (χ4v) is 3.97. The molecule has 6 nitrogen and oxygen atoms in total. The molecule has 0 aliphatic carbocycles. The predicted octanol–water partition coefficient (Wildman–Crippen LogP) is 4.04. The first-order chi connectivity index (χ1) is 14.3. The average molecular weight is 425 g/mol. The van der Waals surface area contributed by atoms with Gasteiger partial charge in [-0.05, 0) is 62.4 Å². The molecule has 0 fully saturated rings. The van der Waals surface area contributed by atoms with Crippen LogP contribution in [0.1, 0.15) is 27.0 Å². The quantitative estimate of drug-likeness (QED) is 0.599. The second-order valence-electron chi connectivity index (χ2n) is 6.95. The van der Waals surface area contributed by atoms with E-state index in [1.54, 1.807) is 43.3 Å². The molecule has 3 rings (SSSR count). The zero-order chi connectivity index (χ0) is 21.7. The number of nitrogens with one attached hydrogen (secondary N) is 2. The molecule has 0 atom stereocenters. The monoisotopic (exact) mass is 424 g/mol. The average Bonchev–Trinajstić information content (AvgIpc) is 2.74.